The molecule has 1 unspecified atom stereocenters. The lowest BCUT2D eigenvalue weighted by Gasteiger charge is -2.12. The molecule has 0 aromatic heterocycles. The maximum atomic E-state index is 9.21. The van der Waals surface area contributed by atoms with Crippen LogP contribution in [-0.2, 0) is 11.3 Å². The van der Waals surface area contributed by atoms with Crippen molar-refractivity contribution in [2.24, 2.45) is 0 Å². The summed E-state index contributed by atoms with van der Waals surface area (Å²) in [6.07, 6.45) is 0.183. The summed E-state index contributed by atoms with van der Waals surface area (Å²) in [4.78, 5) is 0. The van der Waals surface area contributed by atoms with Gasteiger partial charge in [0, 0.05) is 6.54 Å². The second kappa shape index (κ2) is 5.62. The van der Waals surface area contributed by atoms with Crippen LogP contribution >= 0.6 is 0 Å². The van der Waals surface area contributed by atoms with Gasteiger partial charge in [0.2, 0.25) is 0 Å². The summed E-state index contributed by atoms with van der Waals surface area (Å²) in [7, 11) is 1.90. The molecule has 2 N–H and O–H groups in total. The Morgan fingerprint density at radius 1 is 1.50 bits per heavy atom. The summed E-state index contributed by atoms with van der Waals surface area (Å²) in [6, 6.07) is 7.12. The van der Waals surface area contributed by atoms with Crippen LogP contribution in [0.15, 0.2) is 24.3 Å². The molecule has 0 radical (unpaired) electrons. The van der Waals surface area contributed by atoms with E-state index in [2.05, 4.69) is 5.32 Å². The highest BCUT2D eigenvalue weighted by Crippen LogP contribution is 2.12. The molecule has 0 aliphatic rings. The molecule has 14 heavy (non-hydrogen) atoms. The van der Waals surface area contributed by atoms with E-state index < -0.39 is 0 Å². The molecule has 1 rings (SSSR count). The molecule has 0 amide bonds. The van der Waals surface area contributed by atoms with Crippen LogP contribution in [0.5, 0.6) is 5.75 Å². The standard InChI is InChI=1S/C11H17NO2/c1-9(7-12-2)14-8-10-4-3-5-11(13)6-10/h3-6,9,12-13H,7-8H2,1-2H3. The van der Waals surface area contributed by atoms with Crippen molar-refractivity contribution in [2.75, 3.05) is 13.6 Å². The van der Waals surface area contributed by atoms with E-state index >= 15 is 0 Å². The molecule has 0 bridgehead atoms. The summed E-state index contributed by atoms with van der Waals surface area (Å²) in [5, 5.41) is 12.3. The Bertz CT molecular complexity index is 276. The molecule has 1 aromatic carbocycles. The van der Waals surface area contributed by atoms with Gasteiger partial charge in [0.05, 0.1) is 12.7 Å². The summed E-state index contributed by atoms with van der Waals surface area (Å²) >= 11 is 0. The first-order valence-corrected chi connectivity index (χ1v) is 4.76. The van der Waals surface area contributed by atoms with Crippen molar-refractivity contribution in [2.45, 2.75) is 19.6 Å². The van der Waals surface area contributed by atoms with Crippen LogP contribution < -0.4 is 5.32 Å². The number of phenols is 1. The van der Waals surface area contributed by atoms with Crippen LogP contribution in [-0.4, -0.2) is 24.8 Å². The van der Waals surface area contributed by atoms with Gasteiger partial charge in [0.25, 0.3) is 0 Å². The Morgan fingerprint density at radius 3 is 2.93 bits per heavy atom. The van der Waals surface area contributed by atoms with Crippen molar-refractivity contribution in [3.05, 3.63) is 29.8 Å². The van der Waals surface area contributed by atoms with Gasteiger partial charge in [-0.05, 0) is 31.7 Å². The molecule has 0 fully saturated rings. The first-order chi connectivity index (χ1) is 6.72. The summed E-state index contributed by atoms with van der Waals surface area (Å²) in [5.74, 6) is 0.285. The van der Waals surface area contributed by atoms with Crippen molar-refractivity contribution < 1.29 is 9.84 Å². The lowest BCUT2D eigenvalue weighted by Crippen LogP contribution is -2.23. The maximum absolute atomic E-state index is 9.21. The van der Waals surface area contributed by atoms with Crippen molar-refractivity contribution in [3.63, 3.8) is 0 Å². The molecule has 0 saturated heterocycles. The average Bonchev–Trinajstić information content (AvgIpc) is 2.15. The molecule has 0 aliphatic heterocycles. The fourth-order valence-electron chi connectivity index (χ4n) is 1.23. The molecule has 0 aliphatic carbocycles. The van der Waals surface area contributed by atoms with E-state index in [0.717, 1.165) is 12.1 Å². The highest BCUT2D eigenvalue weighted by Gasteiger charge is 2.01. The molecule has 1 atom stereocenters. The average molecular weight is 195 g/mol. The number of nitrogens with one attached hydrogen (secondary N) is 1. The third kappa shape index (κ3) is 3.77. The predicted octanol–water partition coefficient (Wildman–Crippen LogP) is 1.52. The van der Waals surface area contributed by atoms with Crippen molar-refractivity contribution in [1.29, 1.82) is 0 Å². The summed E-state index contributed by atoms with van der Waals surface area (Å²) < 4.78 is 5.55. The van der Waals surface area contributed by atoms with E-state index in [1.165, 1.54) is 0 Å². The SMILES string of the molecule is CNCC(C)OCc1cccc(O)c1. The third-order valence-electron chi connectivity index (χ3n) is 1.94. The van der Waals surface area contributed by atoms with Crippen molar-refractivity contribution in [3.8, 4) is 5.75 Å². The quantitative estimate of drug-likeness (QED) is 0.748. The molecule has 1 aromatic rings. The molecular weight excluding hydrogens is 178 g/mol. The monoisotopic (exact) mass is 195 g/mol. The van der Waals surface area contributed by atoms with Crippen LogP contribution in [0.1, 0.15) is 12.5 Å². The van der Waals surface area contributed by atoms with E-state index in [4.69, 9.17) is 4.74 Å². The molecule has 0 spiro atoms. The highest BCUT2D eigenvalue weighted by molar-refractivity contribution is 5.26. The van der Waals surface area contributed by atoms with Crippen LogP contribution in [0.2, 0.25) is 0 Å². The number of aromatic hydroxyl groups is 1. The van der Waals surface area contributed by atoms with E-state index in [-0.39, 0.29) is 11.9 Å². The minimum atomic E-state index is 0.183. The van der Waals surface area contributed by atoms with Gasteiger partial charge in [-0.2, -0.15) is 0 Å². The summed E-state index contributed by atoms with van der Waals surface area (Å²) in [5.41, 5.74) is 0.993. The number of benzene rings is 1. The number of hydrogen-bond donors (Lipinski definition) is 2. The zero-order valence-corrected chi connectivity index (χ0v) is 8.66. The Labute approximate surface area is 84.7 Å². The first kappa shape index (κ1) is 11.0. The Balaban J connectivity index is 2.37. The van der Waals surface area contributed by atoms with Crippen molar-refractivity contribution in [1.82, 2.24) is 5.32 Å². The van der Waals surface area contributed by atoms with E-state index in [1.54, 1.807) is 12.1 Å². The van der Waals surface area contributed by atoms with Crippen LogP contribution in [0, 0.1) is 0 Å². The van der Waals surface area contributed by atoms with Gasteiger partial charge in [-0.15, -0.1) is 0 Å². The van der Waals surface area contributed by atoms with Gasteiger partial charge in [-0.25, -0.2) is 0 Å². The van der Waals surface area contributed by atoms with Crippen LogP contribution in [0.3, 0.4) is 0 Å². The normalized spacial score (nSPS) is 12.7. The second-order valence-electron chi connectivity index (χ2n) is 3.35. The van der Waals surface area contributed by atoms with E-state index in [9.17, 15) is 5.11 Å². The number of ether oxygens (including phenoxy) is 1. The van der Waals surface area contributed by atoms with Gasteiger partial charge in [0.1, 0.15) is 5.75 Å². The minimum absolute atomic E-state index is 0.183. The number of hydrogen-bond acceptors (Lipinski definition) is 3. The molecule has 0 saturated carbocycles. The van der Waals surface area contributed by atoms with E-state index in [0.29, 0.717) is 6.61 Å². The Morgan fingerprint density at radius 2 is 2.29 bits per heavy atom. The van der Waals surface area contributed by atoms with Gasteiger partial charge in [-0.1, -0.05) is 12.1 Å². The van der Waals surface area contributed by atoms with Crippen molar-refractivity contribution >= 4 is 0 Å². The van der Waals surface area contributed by atoms with Gasteiger partial charge < -0.3 is 15.2 Å². The maximum Gasteiger partial charge on any atom is 0.115 e. The zero-order chi connectivity index (χ0) is 10.4. The predicted molar refractivity (Wildman–Crippen MR) is 56.3 cm³/mol. The minimum Gasteiger partial charge on any atom is -0.508 e. The van der Waals surface area contributed by atoms with Crippen LogP contribution in [0.4, 0.5) is 0 Å². The highest BCUT2D eigenvalue weighted by atomic mass is 16.5. The molecule has 0 heterocycles. The number of phenolic OH excluding ortho intramolecular Hbond substituents is 1. The van der Waals surface area contributed by atoms with Crippen LogP contribution in [0.25, 0.3) is 0 Å². The lowest BCUT2D eigenvalue weighted by molar-refractivity contribution is 0.0544. The smallest absolute Gasteiger partial charge is 0.115 e. The number of rotatable bonds is 5. The molecule has 3 nitrogen and oxygen atoms in total. The molecule has 78 valence electrons. The third-order valence-corrected chi connectivity index (χ3v) is 1.94. The first-order valence-electron chi connectivity index (χ1n) is 4.76. The topological polar surface area (TPSA) is 41.5 Å². The zero-order valence-electron chi connectivity index (χ0n) is 8.66. The fourth-order valence-corrected chi connectivity index (χ4v) is 1.23. The number of likely N-dealkylation sites (N-methyl/N-ethyl adjacent to an activating group) is 1. The van der Waals surface area contributed by atoms with Gasteiger partial charge >= 0.3 is 0 Å². The Kier molecular flexibility index (Phi) is 4.43. The Hall–Kier alpha value is -1.06. The summed E-state index contributed by atoms with van der Waals surface area (Å²) in [6.45, 7) is 3.38. The van der Waals surface area contributed by atoms with Gasteiger partial charge in [-0.3, -0.25) is 0 Å². The largest absolute Gasteiger partial charge is 0.508 e. The lowest BCUT2D eigenvalue weighted by atomic mass is 10.2. The van der Waals surface area contributed by atoms with E-state index in [1.807, 2.05) is 26.1 Å². The fraction of sp³-hybridized carbons (Fsp3) is 0.455. The van der Waals surface area contributed by atoms with Gasteiger partial charge in [0.15, 0.2) is 0 Å². The second-order valence-corrected chi connectivity index (χ2v) is 3.35. The molecule has 3 heteroatoms. The molecular formula is C11H17NO2.